The Balaban J connectivity index is 2.15. The summed E-state index contributed by atoms with van der Waals surface area (Å²) in [5, 5.41) is 0. The van der Waals surface area contributed by atoms with Crippen LogP contribution in [0.15, 0.2) is 46.9 Å². The second-order valence-corrected chi connectivity index (χ2v) is 5.89. The first-order chi connectivity index (χ1) is 10.2. The summed E-state index contributed by atoms with van der Waals surface area (Å²) < 4.78 is 20.3. The fourth-order valence-corrected chi connectivity index (χ4v) is 2.84. The summed E-state index contributed by atoms with van der Waals surface area (Å²) in [4.78, 5) is 0. The highest BCUT2D eigenvalue weighted by molar-refractivity contribution is 9.10. The molecule has 2 nitrogen and oxygen atoms in total. The summed E-state index contributed by atoms with van der Waals surface area (Å²) in [5.74, 6) is 0.181. The molecule has 0 aliphatic heterocycles. The Morgan fingerprint density at radius 1 is 1.10 bits per heavy atom. The van der Waals surface area contributed by atoms with E-state index in [1.54, 1.807) is 12.1 Å². The predicted molar refractivity (Wildman–Crippen MR) is 87.0 cm³/mol. The minimum absolute atomic E-state index is 0.185. The molecule has 0 aliphatic carbocycles. The lowest BCUT2D eigenvalue weighted by molar-refractivity contribution is 0.382. The van der Waals surface area contributed by atoms with Gasteiger partial charge >= 0.3 is 0 Å². The second-order valence-electron chi connectivity index (χ2n) is 5.03. The van der Waals surface area contributed by atoms with Crippen molar-refractivity contribution in [1.29, 1.82) is 0 Å². The van der Waals surface area contributed by atoms with Crippen LogP contribution >= 0.6 is 15.9 Å². The molecule has 0 saturated carbocycles. The van der Waals surface area contributed by atoms with Crippen LogP contribution in [0.25, 0.3) is 0 Å². The summed E-state index contributed by atoms with van der Waals surface area (Å²) in [6, 6.07) is 13.3. The first-order valence-corrected chi connectivity index (χ1v) is 7.69. The number of rotatable bonds is 6. The molecule has 2 rings (SSSR count). The van der Waals surface area contributed by atoms with Crippen molar-refractivity contribution in [3.8, 4) is 5.75 Å². The molecule has 0 spiro atoms. The number of benzene rings is 2. The van der Waals surface area contributed by atoms with Crippen molar-refractivity contribution in [3.05, 3.63) is 63.9 Å². The molecule has 2 N–H and O–H groups in total. The monoisotopic (exact) mass is 351 g/mol. The van der Waals surface area contributed by atoms with Gasteiger partial charge in [0.1, 0.15) is 0 Å². The Hall–Kier alpha value is -1.39. The number of halogens is 2. The third kappa shape index (κ3) is 4.05. The van der Waals surface area contributed by atoms with Gasteiger partial charge in [-0.1, -0.05) is 46.3 Å². The minimum atomic E-state index is -0.287. The first kappa shape index (κ1) is 16.0. The molecular formula is C17H19BrFNO. The molecule has 112 valence electrons. The Morgan fingerprint density at radius 2 is 1.76 bits per heavy atom. The van der Waals surface area contributed by atoms with Crippen LogP contribution in [0.3, 0.4) is 0 Å². The lowest BCUT2D eigenvalue weighted by atomic mass is 9.92. The molecule has 0 aliphatic rings. The van der Waals surface area contributed by atoms with Crippen molar-refractivity contribution >= 4 is 15.9 Å². The molecular weight excluding hydrogens is 333 g/mol. The molecule has 1 atom stereocenters. The quantitative estimate of drug-likeness (QED) is 0.854. The molecule has 2 aromatic rings. The van der Waals surface area contributed by atoms with Gasteiger partial charge in [-0.05, 0) is 48.6 Å². The Labute approximate surface area is 133 Å². The summed E-state index contributed by atoms with van der Waals surface area (Å²) >= 11 is 3.54. The van der Waals surface area contributed by atoms with Gasteiger partial charge in [-0.2, -0.15) is 0 Å². The number of hydrogen-bond donors (Lipinski definition) is 1. The average molecular weight is 352 g/mol. The Morgan fingerprint density at radius 3 is 2.43 bits per heavy atom. The van der Waals surface area contributed by atoms with Gasteiger partial charge in [0, 0.05) is 4.47 Å². The minimum Gasteiger partial charge on any atom is -0.494 e. The molecule has 0 bridgehead atoms. The van der Waals surface area contributed by atoms with Gasteiger partial charge in [-0.25, -0.2) is 4.39 Å². The maximum atomic E-state index is 14.2. The van der Waals surface area contributed by atoms with E-state index in [0.717, 1.165) is 10.9 Å². The molecule has 0 heterocycles. The zero-order valence-electron chi connectivity index (χ0n) is 12.0. The SMILES string of the molecule is COc1cccc(CC(CN)Cc2ccccc2Br)c1F. The van der Waals surface area contributed by atoms with Gasteiger partial charge in [0.15, 0.2) is 11.6 Å². The van der Waals surface area contributed by atoms with Crippen LogP contribution in [-0.2, 0) is 12.8 Å². The number of nitrogens with two attached hydrogens (primary N) is 1. The Bertz CT molecular complexity index is 603. The zero-order valence-corrected chi connectivity index (χ0v) is 13.6. The fraction of sp³-hybridized carbons (Fsp3) is 0.294. The molecule has 4 heteroatoms. The average Bonchev–Trinajstić information content (AvgIpc) is 2.50. The molecule has 21 heavy (non-hydrogen) atoms. The maximum Gasteiger partial charge on any atom is 0.168 e. The number of ether oxygens (including phenoxy) is 1. The number of methoxy groups -OCH3 is 1. The molecule has 0 radical (unpaired) electrons. The maximum absolute atomic E-state index is 14.2. The van der Waals surface area contributed by atoms with E-state index >= 15 is 0 Å². The van der Waals surface area contributed by atoms with Crippen molar-refractivity contribution < 1.29 is 9.13 Å². The van der Waals surface area contributed by atoms with Gasteiger partial charge in [-0.15, -0.1) is 0 Å². The van der Waals surface area contributed by atoms with Crippen LogP contribution < -0.4 is 10.5 Å². The van der Waals surface area contributed by atoms with E-state index in [1.807, 2.05) is 24.3 Å². The van der Waals surface area contributed by atoms with E-state index < -0.39 is 0 Å². The van der Waals surface area contributed by atoms with E-state index in [4.69, 9.17) is 10.5 Å². The van der Waals surface area contributed by atoms with E-state index in [1.165, 1.54) is 12.7 Å². The standard InChI is InChI=1S/C17H19BrFNO/c1-21-16-8-4-6-14(17(16)19)10-12(11-20)9-13-5-2-3-7-15(13)18/h2-8,12H,9-11,20H2,1H3. The van der Waals surface area contributed by atoms with E-state index in [-0.39, 0.29) is 17.5 Å². The van der Waals surface area contributed by atoms with Crippen LogP contribution in [0.5, 0.6) is 5.75 Å². The van der Waals surface area contributed by atoms with Gasteiger partial charge in [0.25, 0.3) is 0 Å². The second kappa shape index (κ2) is 7.57. The van der Waals surface area contributed by atoms with E-state index in [2.05, 4.69) is 22.0 Å². The van der Waals surface area contributed by atoms with Gasteiger partial charge in [0.2, 0.25) is 0 Å². The first-order valence-electron chi connectivity index (χ1n) is 6.90. The van der Waals surface area contributed by atoms with Crippen LogP contribution in [0.4, 0.5) is 4.39 Å². The van der Waals surface area contributed by atoms with Gasteiger partial charge in [-0.3, -0.25) is 0 Å². The molecule has 0 fully saturated rings. The fourth-order valence-electron chi connectivity index (χ4n) is 2.40. The molecule has 0 aromatic heterocycles. The summed E-state index contributed by atoms with van der Waals surface area (Å²) in [7, 11) is 1.48. The van der Waals surface area contributed by atoms with Gasteiger partial charge in [0.05, 0.1) is 7.11 Å². The smallest absolute Gasteiger partial charge is 0.168 e. The van der Waals surface area contributed by atoms with Crippen molar-refractivity contribution in [2.24, 2.45) is 11.7 Å². The Kier molecular flexibility index (Phi) is 5.76. The van der Waals surface area contributed by atoms with Crippen LogP contribution in [-0.4, -0.2) is 13.7 Å². The summed E-state index contributed by atoms with van der Waals surface area (Å²) in [6.45, 7) is 0.512. The molecule has 0 saturated heterocycles. The highest BCUT2D eigenvalue weighted by Crippen LogP contribution is 2.25. The molecule has 0 amide bonds. The lowest BCUT2D eigenvalue weighted by Crippen LogP contribution is -2.20. The van der Waals surface area contributed by atoms with Crippen LogP contribution in [0, 0.1) is 11.7 Å². The van der Waals surface area contributed by atoms with Gasteiger partial charge < -0.3 is 10.5 Å². The van der Waals surface area contributed by atoms with Crippen molar-refractivity contribution in [3.63, 3.8) is 0 Å². The highest BCUT2D eigenvalue weighted by atomic mass is 79.9. The third-order valence-corrected chi connectivity index (χ3v) is 4.35. The molecule has 1 unspecified atom stereocenters. The van der Waals surface area contributed by atoms with E-state index in [9.17, 15) is 4.39 Å². The largest absolute Gasteiger partial charge is 0.494 e. The van der Waals surface area contributed by atoms with Crippen molar-refractivity contribution in [2.75, 3.05) is 13.7 Å². The highest BCUT2D eigenvalue weighted by Gasteiger charge is 2.15. The zero-order chi connectivity index (χ0) is 15.2. The summed E-state index contributed by atoms with van der Waals surface area (Å²) in [5.41, 5.74) is 7.71. The lowest BCUT2D eigenvalue weighted by Gasteiger charge is -2.17. The normalized spacial score (nSPS) is 12.2. The van der Waals surface area contributed by atoms with Crippen molar-refractivity contribution in [1.82, 2.24) is 0 Å². The summed E-state index contributed by atoms with van der Waals surface area (Å²) in [6.07, 6.45) is 1.41. The third-order valence-electron chi connectivity index (χ3n) is 3.57. The van der Waals surface area contributed by atoms with Crippen LogP contribution in [0.1, 0.15) is 11.1 Å². The number of hydrogen-bond acceptors (Lipinski definition) is 2. The van der Waals surface area contributed by atoms with E-state index in [0.29, 0.717) is 18.5 Å². The predicted octanol–water partition coefficient (Wildman–Crippen LogP) is 3.96. The van der Waals surface area contributed by atoms with Crippen LogP contribution in [0.2, 0.25) is 0 Å². The molecule has 2 aromatic carbocycles. The topological polar surface area (TPSA) is 35.2 Å². The van der Waals surface area contributed by atoms with Crippen molar-refractivity contribution in [2.45, 2.75) is 12.8 Å².